The van der Waals surface area contributed by atoms with E-state index >= 15 is 0 Å². The lowest BCUT2D eigenvalue weighted by atomic mass is 9.74. The van der Waals surface area contributed by atoms with Gasteiger partial charge in [-0.15, -0.1) is 0 Å². The first-order chi connectivity index (χ1) is 8.53. The third-order valence-electron chi connectivity index (χ3n) is 3.32. The molecule has 6 nitrogen and oxygen atoms in total. The first-order valence-corrected chi connectivity index (χ1v) is 6.13. The Morgan fingerprint density at radius 3 is 2.83 bits per heavy atom. The average Bonchev–Trinajstić information content (AvgIpc) is 2.24. The van der Waals surface area contributed by atoms with Crippen molar-refractivity contribution in [2.45, 2.75) is 44.6 Å². The predicted octanol–water partition coefficient (Wildman–Crippen LogP) is 1.14. The molecule has 0 spiro atoms. The zero-order valence-electron chi connectivity index (χ0n) is 10.3. The zero-order chi connectivity index (χ0) is 13.2. The maximum Gasteiger partial charge on any atom is 0.305 e. The Morgan fingerprint density at radius 2 is 2.33 bits per heavy atom. The SMILES string of the molecule is CCc1nc(NC2(CC(=O)O)CCC2)cc(=O)[nH]1. The first kappa shape index (κ1) is 12.6. The lowest BCUT2D eigenvalue weighted by Crippen LogP contribution is -2.47. The van der Waals surface area contributed by atoms with Crippen molar-refractivity contribution in [2.75, 3.05) is 5.32 Å². The normalized spacial score (nSPS) is 16.9. The molecule has 0 atom stereocenters. The molecular weight excluding hydrogens is 234 g/mol. The Hall–Kier alpha value is -1.85. The van der Waals surface area contributed by atoms with Gasteiger partial charge < -0.3 is 15.4 Å². The Labute approximate surface area is 104 Å². The number of carboxylic acids is 1. The number of aryl methyl sites for hydroxylation is 1. The lowest BCUT2D eigenvalue weighted by molar-refractivity contribution is -0.138. The summed E-state index contributed by atoms with van der Waals surface area (Å²) in [6.45, 7) is 1.90. The number of rotatable bonds is 5. The molecule has 1 aromatic rings. The lowest BCUT2D eigenvalue weighted by Gasteiger charge is -2.41. The molecule has 1 aliphatic carbocycles. The van der Waals surface area contributed by atoms with E-state index in [0.717, 1.165) is 19.3 Å². The van der Waals surface area contributed by atoms with Crippen LogP contribution < -0.4 is 10.9 Å². The van der Waals surface area contributed by atoms with Crippen molar-refractivity contribution in [1.29, 1.82) is 0 Å². The Balaban J connectivity index is 2.19. The Morgan fingerprint density at radius 1 is 1.61 bits per heavy atom. The van der Waals surface area contributed by atoms with E-state index < -0.39 is 11.5 Å². The summed E-state index contributed by atoms with van der Waals surface area (Å²) >= 11 is 0. The van der Waals surface area contributed by atoms with Gasteiger partial charge in [-0.2, -0.15) is 0 Å². The maximum atomic E-state index is 11.4. The number of carbonyl (C=O) groups is 1. The molecule has 0 aromatic carbocycles. The van der Waals surface area contributed by atoms with Crippen LogP contribution in [-0.4, -0.2) is 26.6 Å². The highest BCUT2D eigenvalue weighted by Crippen LogP contribution is 2.37. The highest BCUT2D eigenvalue weighted by molar-refractivity contribution is 5.69. The van der Waals surface area contributed by atoms with Crippen LogP contribution in [0.3, 0.4) is 0 Å². The van der Waals surface area contributed by atoms with Gasteiger partial charge in [0.05, 0.1) is 6.42 Å². The molecule has 1 aromatic heterocycles. The van der Waals surface area contributed by atoms with Gasteiger partial charge in [0.15, 0.2) is 0 Å². The minimum absolute atomic E-state index is 0.0585. The number of anilines is 1. The van der Waals surface area contributed by atoms with E-state index in [1.165, 1.54) is 6.07 Å². The molecule has 2 rings (SSSR count). The summed E-state index contributed by atoms with van der Waals surface area (Å²) in [6.07, 6.45) is 3.30. The second-order valence-corrected chi connectivity index (χ2v) is 4.76. The minimum Gasteiger partial charge on any atom is -0.481 e. The van der Waals surface area contributed by atoms with E-state index in [1.54, 1.807) is 0 Å². The van der Waals surface area contributed by atoms with E-state index in [0.29, 0.717) is 18.1 Å². The highest BCUT2D eigenvalue weighted by Gasteiger charge is 2.39. The molecule has 1 fully saturated rings. The molecule has 0 bridgehead atoms. The number of hydrogen-bond acceptors (Lipinski definition) is 4. The van der Waals surface area contributed by atoms with E-state index in [2.05, 4.69) is 15.3 Å². The van der Waals surface area contributed by atoms with Crippen LogP contribution in [0.5, 0.6) is 0 Å². The summed E-state index contributed by atoms with van der Waals surface area (Å²) in [5.41, 5.74) is -0.647. The van der Waals surface area contributed by atoms with E-state index in [-0.39, 0.29) is 12.0 Å². The molecule has 1 aliphatic rings. The molecule has 6 heteroatoms. The van der Waals surface area contributed by atoms with Gasteiger partial charge in [0.25, 0.3) is 5.56 Å². The van der Waals surface area contributed by atoms with Crippen LogP contribution in [0.4, 0.5) is 5.82 Å². The molecule has 0 saturated heterocycles. The van der Waals surface area contributed by atoms with Gasteiger partial charge in [-0.25, -0.2) is 4.98 Å². The van der Waals surface area contributed by atoms with Gasteiger partial charge in [0.1, 0.15) is 11.6 Å². The topological polar surface area (TPSA) is 95.1 Å². The molecule has 0 unspecified atom stereocenters. The van der Waals surface area contributed by atoms with Gasteiger partial charge in [-0.05, 0) is 19.3 Å². The van der Waals surface area contributed by atoms with E-state index in [1.807, 2.05) is 6.92 Å². The van der Waals surface area contributed by atoms with Crippen molar-refractivity contribution in [3.63, 3.8) is 0 Å². The smallest absolute Gasteiger partial charge is 0.305 e. The number of aliphatic carboxylic acids is 1. The summed E-state index contributed by atoms with van der Waals surface area (Å²) in [7, 11) is 0. The zero-order valence-corrected chi connectivity index (χ0v) is 10.3. The Kier molecular flexibility index (Phi) is 3.36. The summed E-state index contributed by atoms with van der Waals surface area (Å²) in [5, 5.41) is 12.0. The van der Waals surface area contributed by atoms with Crippen molar-refractivity contribution in [1.82, 2.24) is 9.97 Å². The predicted molar refractivity (Wildman–Crippen MR) is 66.7 cm³/mol. The highest BCUT2D eigenvalue weighted by atomic mass is 16.4. The molecule has 3 N–H and O–H groups in total. The van der Waals surface area contributed by atoms with Crippen molar-refractivity contribution in [3.8, 4) is 0 Å². The largest absolute Gasteiger partial charge is 0.481 e. The first-order valence-electron chi connectivity index (χ1n) is 6.13. The molecule has 0 aliphatic heterocycles. The molecule has 98 valence electrons. The summed E-state index contributed by atoms with van der Waals surface area (Å²) in [5.74, 6) is 0.245. The van der Waals surface area contributed by atoms with Crippen molar-refractivity contribution < 1.29 is 9.90 Å². The third kappa shape index (κ3) is 2.69. The van der Waals surface area contributed by atoms with Crippen LogP contribution in [0.2, 0.25) is 0 Å². The number of nitrogens with zero attached hydrogens (tertiary/aromatic N) is 1. The van der Waals surface area contributed by atoms with Crippen LogP contribution in [0.15, 0.2) is 10.9 Å². The second-order valence-electron chi connectivity index (χ2n) is 4.76. The van der Waals surface area contributed by atoms with Crippen molar-refractivity contribution in [2.24, 2.45) is 0 Å². The second kappa shape index (κ2) is 4.80. The summed E-state index contributed by atoms with van der Waals surface area (Å²) < 4.78 is 0. The molecule has 1 saturated carbocycles. The number of hydrogen-bond donors (Lipinski definition) is 3. The molecular formula is C12H17N3O3. The molecule has 0 radical (unpaired) electrons. The fraction of sp³-hybridized carbons (Fsp3) is 0.583. The minimum atomic E-state index is -0.831. The fourth-order valence-electron chi connectivity index (χ4n) is 2.25. The average molecular weight is 251 g/mol. The van der Waals surface area contributed by atoms with Crippen molar-refractivity contribution in [3.05, 3.63) is 22.2 Å². The van der Waals surface area contributed by atoms with Gasteiger partial charge >= 0.3 is 5.97 Å². The quantitative estimate of drug-likeness (QED) is 0.729. The number of aromatic nitrogens is 2. The standard InChI is InChI=1S/C12H17N3O3/c1-2-8-13-9(6-10(16)14-8)15-12(4-3-5-12)7-11(17)18/h6H,2-5,7H2,1H3,(H,17,18)(H2,13,14,15,16). The molecule has 0 amide bonds. The van der Waals surface area contributed by atoms with Crippen LogP contribution in [0.1, 0.15) is 38.4 Å². The Bertz CT molecular complexity index is 506. The van der Waals surface area contributed by atoms with Gasteiger partial charge in [-0.3, -0.25) is 9.59 Å². The number of carboxylic acid groups (broad SMARTS) is 1. The van der Waals surface area contributed by atoms with Crippen LogP contribution >= 0.6 is 0 Å². The van der Waals surface area contributed by atoms with Crippen LogP contribution in [0.25, 0.3) is 0 Å². The van der Waals surface area contributed by atoms with Gasteiger partial charge in [0, 0.05) is 18.0 Å². The van der Waals surface area contributed by atoms with Crippen LogP contribution in [0, 0.1) is 0 Å². The monoisotopic (exact) mass is 251 g/mol. The number of H-pyrrole nitrogens is 1. The van der Waals surface area contributed by atoms with Crippen LogP contribution in [-0.2, 0) is 11.2 Å². The van der Waals surface area contributed by atoms with E-state index in [9.17, 15) is 9.59 Å². The van der Waals surface area contributed by atoms with Gasteiger partial charge in [0.2, 0.25) is 0 Å². The molecule has 18 heavy (non-hydrogen) atoms. The van der Waals surface area contributed by atoms with Gasteiger partial charge in [-0.1, -0.05) is 6.92 Å². The maximum absolute atomic E-state index is 11.4. The molecule has 1 heterocycles. The number of nitrogens with one attached hydrogen (secondary N) is 2. The number of aromatic amines is 1. The van der Waals surface area contributed by atoms with E-state index in [4.69, 9.17) is 5.11 Å². The summed E-state index contributed by atoms with van der Waals surface area (Å²) in [4.78, 5) is 29.2. The third-order valence-corrected chi connectivity index (χ3v) is 3.32. The fourth-order valence-corrected chi connectivity index (χ4v) is 2.25. The summed E-state index contributed by atoms with van der Waals surface area (Å²) in [6, 6.07) is 1.38. The van der Waals surface area contributed by atoms with Crippen molar-refractivity contribution >= 4 is 11.8 Å².